The van der Waals surface area contributed by atoms with E-state index in [-0.39, 0.29) is 0 Å². The number of thiol groups is 1. The monoisotopic (exact) mass is 246 g/mol. The zero-order valence-corrected chi connectivity index (χ0v) is 11.6. The van der Waals surface area contributed by atoms with E-state index in [1.807, 2.05) is 0 Å². The molecule has 1 heterocycles. The van der Waals surface area contributed by atoms with Crippen LogP contribution in [0.25, 0.3) is 0 Å². The molecule has 0 aliphatic carbocycles. The molecule has 1 rings (SSSR count). The van der Waals surface area contributed by atoms with Gasteiger partial charge in [0.2, 0.25) is 0 Å². The minimum atomic E-state index is 0.764. The zero-order valence-electron chi connectivity index (χ0n) is 10.7. The third kappa shape index (κ3) is 5.04. The lowest BCUT2D eigenvalue weighted by atomic mass is 10.2. The van der Waals surface area contributed by atoms with Crippen LogP contribution in [0.5, 0.6) is 0 Å². The van der Waals surface area contributed by atoms with Crippen molar-refractivity contribution in [2.75, 3.05) is 52.2 Å². The highest BCUT2D eigenvalue weighted by Gasteiger charge is 2.23. The molecule has 0 aromatic carbocycles. The molecule has 3 nitrogen and oxygen atoms in total. The molecule has 1 aliphatic rings. The van der Waals surface area contributed by atoms with Crippen molar-refractivity contribution in [1.29, 1.82) is 0 Å². The quantitative estimate of drug-likeness (QED) is 0.514. The molecule has 1 fully saturated rings. The van der Waals surface area contributed by atoms with Crippen LogP contribution in [0.4, 0.5) is 0 Å². The SMILES string of the molecule is CCN1CCCC1CN(C)CCOCCS. The Morgan fingerprint density at radius 2 is 2.25 bits per heavy atom. The summed E-state index contributed by atoms with van der Waals surface area (Å²) < 4.78 is 5.44. The van der Waals surface area contributed by atoms with Gasteiger partial charge in [-0.15, -0.1) is 0 Å². The number of likely N-dealkylation sites (N-methyl/N-ethyl adjacent to an activating group) is 2. The molecular weight excluding hydrogens is 220 g/mol. The molecule has 1 aliphatic heterocycles. The lowest BCUT2D eigenvalue weighted by Crippen LogP contribution is -2.39. The van der Waals surface area contributed by atoms with Crippen LogP contribution in [0, 0.1) is 0 Å². The number of rotatable bonds is 8. The van der Waals surface area contributed by atoms with Crippen molar-refractivity contribution in [3.63, 3.8) is 0 Å². The normalized spacial score (nSPS) is 22.1. The molecule has 0 radical (unpaired) electrons. The van der Waals surface area contributed by atoms with Gasteiger partial charge in [0.05, 0.1) is 13.2 Å². The molecule has 0 bridgehead atoms. The standard InChI is InChI=1S/C12H26N2OS/c1-3-14-6-4-5-12(14)11-13(2)7-8-15-9-10-16/h12,16H,3-11H2,1-2H3. The van der Waals surface area contributed by atoms with Crippen LogP contribution in [-0.2, 0) is 4.74 Å². The molecule has 96 valence electrons. The van der Waals surface area contributed by atoms with Gasteiger partial charge in [-0.05, 0) is 33.0 Å². The van der Waals surface area contributed by atoms with Crippen molar-refractivity contribution in [3.8, 4) is 0 Å². The summed E-state index contributed by atoms with van der Waals surface area (Å²) in [6.07, 6.45) is 2.72. The van der Waals surface area contributed by atoms with E-state index >= 15 is 0 Å². The van der Waals surface area contributed by atoms with Crippen LogP contribution < -0.4 is 0 Å². The lowest BCUT2D eigenvalue weighted by Gasteiger charge is -2.27. The Morgan fingerprint density at radius 3 is 2.94 bits per heavy atom. The van der Waals surface area contributed by atoms with Crippen molar-refractivity contribution >= 4 is 12.6 Å². The number of likely N-dealkylation sites (tertiary alicyclic amines) is 1. The Kier molecular flexibility index (Phi) is 7.45. The molecule has 1 atom stereocenters. The van der Waals surface area contributed by atoms with Crippen molar-refractivity contribution in [3.05, 3.63) is 0 Å². The minimum absolute atomic E-state index is 0.764. The Bertz CT molecular complexity index is 180. The Hall–Kier alpha value is 0.230. The predicted molar refractivity (Wildman–Crippen MR) is 72.4 cm³/mol. The number of ether oxygens (including phenoxy) is 1. The summed E-state index contributed by atoms with van der Waals surface area (Å²) in [5.74, 6) is 0.815. The molecule has 0 saturated carbocycles. The molecule has 0 aromatic rings. The van der Waals surface area contributed by atoms with Crippen molar-refractivity contribution in [2.24, 2.45) is 0 Å². The first-order valence-corrected chi connectivity index (χ1v) is 7.02. The van der Waals surface area contributed by atoms with Gasteiger partial charge in [0, 0.05) is 24.9 Å². The summed E-state index contributed by atoms with van der Waals surface area (Å²) in [5, 5.41) is 0. The summed E-state index contributed by atoms with van der Waals surface area (Å²) in [7, 11) is 2.19. The second kappa shape index (κ2) is 8.34. The van der Waals surface area contributed by atoms with Gasteiger partial charge >= 0.3 is 0 Å². The van der Waals surface area contributed by atoms with Crippen LogP contribution in [-0.4, -0.2) is 68.0 Å². The van der Waals surface area contributed by atoms with Gasteiger partial charge in [0.15, 0.2) is 0 Å². The second-order valence-corrected chi connectivity index (χ2v) is 4.97. The fraction of sp³-hybridized carbons (Fsp3) is 1.00. The predicted octanol–water partition coefficient (Wildman–Crippen LogP) is 1.35. The second-order valence-electron chi connectivity index (χ2n) is 4.52. The molecule has 0 amide bonds. The van der Waals surface area contributed by atoms with E-state index < -0.39 is 0 Å². The average molecular weight is 246 g/mol. The number of hydrogen-bond donors (Lipinski definition) is 1. The van der Waals surface area contributed by atoms with E-state index in [1.54, 1.807) is 0 Å². The minimum Gasteiger partial charge on any atom is -0.379 e. The molecule has 0 spiro atoms. The van der Waals surface area contributed by atoms with Gasteiger partial charge in [-0.2, -0.15) is 12.6 Å². The third-order valence-electron chi connectivity index (χ3n) is 3.28. The third-order valence-corrected chi connectivity index (χ3v) is 3.46. The highest BCUT2D eigenvalue weighted by Crippen LogP contribution is 2.16. The van der Waals surface area contributed by atoms with Gasteiger partial charge in [-0.25, -0.2) is 0 Å². The maximum absolute atomic E-state index is 5.44. The van der Waals surface area contributed by atoms with E-state index in [4.69, 9.17) is 4.74 Å². The number of hydrogen-bond acceptors (Lipinski definition) is 4. The summed E-state index contributed by atoms with van der Waals surface area (Å²) in [5.41, 5.74) is 0. The van der Waals surface area contributed by atoms with Gasteiger partial charge in [0.25, 0.3) is 0 Å². The van der Waals surface area contributed by atoms with E-state index in [1.165, 1.54) is 32.5 Å². The molecule has 16 heavy (non-hydrogen) atoms. The van der Waals surface area contributed by atoms with E-state index in [2.05, 4.69) is 36.4 Å². The van der Waals surface area contributed by atoms with E-state index in [9.17, 15) is 0 Å². The smallest absolute Gasteiger partial charge is 0.0593 e. The summed E-state index contributed by atoms with van der Waals surface area (Å²) in [4.78, 5) is 4.97. The Balaban J connectivity index is 2.10. The maximum Gasteiger partial charge on any atom is 0.0593 e. The van der Waals surface area contributed by atoms with E-state index in [0.717, 1.165) is 31.6 Å². The highest BCUT2D eigenvalue weighted by atomic mass is 32.1. The van der Waals surface area contributed by atoms with Crippen LogP contribution in [0.3, 0.4) is 0 Å². The van der Waals surface area contributed by atoms with Crippen LogP contribution in [0.1, 0.15) is 19.8 Å². The fourth-order valence-corrected chi connectivity index (χ4v) is 2.49. The van der Waals surface area contributed by atoms with Crippen molar-refractivity contribution in [2.45, 2.75) is 25.8 Å². The van der Waals surface area contributed by atoms with Crippen LogP contribution in [0.15, 0.2) is 0 Å². The zero-order chi connectivity index (χ0) is 11.8. The molecule has 4 heteroatoms. The number of nitrogens with zero attached hydrogens (tertiary/aromatic N) is 2. The van der Waals surface area contributed by atoms with E-state index in [0.29, 0.717) is 0 Å². The van der Waals surface area contributed by atoms with Gasteiger partial charge in [0.1, 0.15) is 0 Å². The molecule has 1 unspecified atom stereocenters. The van der Waals surface area contributed by atoms with Gasteiger partial charge < -0.3 is 9.64 Å². The van der Waals surface area contributed by atoms with Gasteiger partial charge in [-0.1, -0.05) is 6.92 Å². The Morgan fingerprint density at radius 1 is 1.44 bits per heavy atom. The maximum atomic E-state index is 5.44. The molecule has 0 N–H and O–H groups in total. The first-order chi connectivity index (χ1) is 7.77. The summed E-state index contributed by atoms with van der Waals surface area (Å²) >= 11 is 4.12. The van der Waals surface area contributed by atoms with Gasteiger partial charge in [-0.3, -0.25) is 4.90 Å². The average Bonchev–Trinajstić information content (AvgIpc) is 2.71. The molecule has 0 aromatic heterocycles. The summed E-state index contributed by atoms with van der Waals surface area (Å²) in [6.45, 7) is 8.53. The largest absolute Gasteiger partial charge is 0.379 e. The fourth-order valence-electron chi connectivity index (χ4n) is 2.36. The van der Waals surface area contributed by atoms with Crippen molar-refractivity contribution in [1.82, 2.24) is 9.80 Å². The molecule has 1 saturated heterocycles. The summed E-state index contributed by atoms with van der Waals surface area (Å²) in [6, 6.07) is 0.764. The molecular formula is C12H26N2OS. The first-order valence-electron chi connectivity index (χ1n) is 6.39. The highest BCUT2D eigenvalue weighted by molar-refractivity contribution is 7.80. The van der Waals surface area contributed by atoms with Crippen LogP contribution >= 0.6 is 12.6 Å². The first kappa shape index (κ1) is 14.3. The topological polar surface area (TPSA) is 15.7 Å². The van der Waals surface area contributed by atoms with Crippen LogP contribution in [0.2, 0.25) is 0 Å². The lowest BCUT2D eigenvalue weighted by molar-refractivity contribution is 0.112. The Labute approximate surface area is 106 Å². The van der Waals surface area contributed by atoms with Crippen molar-refractivity contribution < 1.29 is 4.74 Å².